The number of hydrogen-bond acceptors (Lipinski definition) is 7. The summed E-state index contributed by atoms with van der Waals surface area (Å²) >= 11 is 1.55. The Morgan fingerprint density at radius 3 is 2.21 bits per heavy atom. The molecule has 0 bridgehead atoms. The summed E-state index contributed by atoms with van der Waals surface area (Å²) in [4.78, 5) is 9.81. The van der Waals surface area contributed by atoms with Crippen molar-refractivity contribution in [3.8, 4) is 0 Å². The van der Waals surface area contributed by atoms with Crippen LogP contribution in [0.5, 0.6) is 0 Å². The summed E-state index contributed by atoms with van der Waals surface area (Å²) in [6, 6.07) is 0. The van der Waals surface area contributed by atoms with Gasteiger partial charge in [-0.3, -0.25) is 9.05 Å². The van der Waals surface area contributed by atoms with Crippen molar-refractivity contribution in [2.24, 2.45) is 0 Å². The van der Waals surface area contributed by atoms with Crippen molar-refractivity contribution < 1.29 is 38.0 Å². The summed E-state index contributed by atoms with van der Waals surface area (Å²) < 4.78 is 35.4. The number of phosphoric ester groups is 1. The van der Waals surface area contributed by atoms with Crippen molar-refractivity contribution in [3.63, 3.8) is 0 Å². The highest BCUT2D eigenvalue weighted by atomic mass is 32.1. The third-order valence-electron chi connectivity index (χ3n) is 5.91. The Bertz CT molecular complexity index is 635. The van der Waals surface area contributed by atoms with Gasteiger partial charge in [-0.05, 0) is 12.8 Å². The molecule has 1 fully saturated rings. The highest BCUT2D eigenvalue weighted by Crippen LogP contribution is 2.43. The number of phosphoric acid groups is 1. The first-order valence-electron chi connectivity index (χ1n) is 12.9. The third kappa shape index (κ3) is 15.6. The molecule has 3 atom stereocenters. The molecule has 0 amide bonds. The number of ether oxygens (including phenoxy) is 2. The second-order valence-corrected chi connectivity index (χ2v) is 11.1. The summed E-state index contributed by atoms with van der Waals surface area (Å²) in [7, 11) is -4.08. The molecule has 34 heavy (non-hydrogen) atoms. The number of unbranched alkanes of at least 4 members (excludes halogenated alkanes) is 12. The van der Waals surface area contributed by atoms with E-state index in [0.29, 0.717) is 13.2 Å². The van der Waals surface area contributed by atoms with Crippen molar-refractivity contribution >= 4 is 19.2 Å². The average Bonchev–Trinajstić information content (AvgIpc) is 3.48. The molecule has 1 saturated heterocycles. The van der Waals surface area contributed by atoms with Gasteiger partial charge < -0.3 is 19.8 Å². The normalized spacial score (nSPS) is 19.7. The van der Waals surface area contributed by atoms with Crippen molar-refractivity contribution in [3.05, 3.63) is 17.1 Å². The first-order chi connectivity index (χ1) is 16.1. The lowest BCUT2D eigenvalue weighted by Crippen LogP contribution is -2.32. The van der Waals surface area contributed by atoms with Gasteiger partial charge in [0, 0.05) is 0 Å². The first kappa shape index (κ1) is 31.6. The highest BCUT2D eigenvalue weighted by Gasteiger charge is 2.30. The smallest absolute Gasteiger partial charge is 0.472 e. The fourth-order valence-corrected chi connectivity index (χ4v) is 5.31. The van der Waals surface area contributed by atoms with Crippen LogP contribution < -0.4 is 4.57 Å². The maximum Gasteiger partial charge on any atom is 0.472 e. The van der Waals surface area contributed by atoms with Crippen molar-refractivity contribution in [2.45, 2.75) is 116 Å². The predicted molar refractivity (Wildman–Crippen MR) is 133 cm³/mol. The van der Waals surface area contributed by atoms with Crippen LogP contribution in [0.1, 0.15) is 96.8 Å². The summed E-state index contributed by atoms with van der Waals surface area (Å²) in [6.07, 6.45) is 19.5. The van der Waals surface area contributed by atoms with Crippen LogP contribution in [-0.2, 0) is 29.6 Å². The Labute approximate surface area is 209 Å². The van der Waals surface area contributed by atoms with E-state index in [4.69, 9.17) is 18.5 Å². The van der Waals surface area contributed by atoms with Gasteiger partial charge >= 0.3 is 7.82 Å². The van der Waals surface area contributed by atoms with Crippen LogP contribution in [0.4, 0.5) is 0 Å². The van der Waals surface area contributed by atoms with Gasteiger partial charge in [-0.15, -0.1) is 0 Å². The maximum atomic E-state index is 12.0. The zero-order valence-electron chi connectivity index (χ0n) is 20.9. The molecule has 200 valence electrons. The van der Waals surface area contributed by atoms with Gasteiger partial charge in [-0.1, -0.05) is 95.3 Å². The standard InChI is InChI=1S/C24H44NO6PS.H2O/c1-2-3-4-5-6-7-8-9-10-11-12-13-14-15-24-28-20-23(31-24)21-30-32(26,27)29-18-16-25-17-19-33-22-25;/h17,19,22-24H,2-16,18,20-21H2,1H3;1H2/t23-,24+;/m0./s1. The first-order valence-corrected chi connectivity index (χ1v) is 15.3. The molecule has 1 aliphatic rings. The van der Waals surface area contributed by atoms with E-state index in [-0.39, 0.29) is 31.1 Å². The van der Waals surface area contributed by atoms with E-state index in [1.807, 2.05) is 21.7 Å². The van der Waals surface area contributed by atoms with Gasteiger partial charge in [0.05, 0.1) is 18.6 Å². The molecule has 10 heteroatoms. The van der Waals surface area contributed by atoms with E-state index in [1.54, 1.807) is 11.3 Å². The van der Waals surface area contributed by atoms with E-state index in [1.165, 1.54) is 77.0 Å². The average molecular weight is 524 g/mol. The van der Waals surface area contributed by atoms with E-state index in [2.05, 4.69) is 6.92 Å². The molecule has 1 aromatic heterocycles. The third-order valence-corrected chi connectivity index (χ3v) is 7.57. The Kier molecular flexibility index (Phi) is 18.4. The molecular weight excluding hydrogens is 477 g/mol. The minimum Gasteiger partial charge on any atom is -0.870 e. The summed E-state index contributed by atoms with van der Waals surface area (Å²) in [5.74, 6) is 0. The van der Waals surface area contributed by atoms with Gasteiger partial charge in [0.25, 0.3) is 0 Å². The highest BCUT2D eigenvalue weighted by molar-refractivity contribution is 7.47. The van der Waals surface area contributed by atoms with Gasteiger partial charge in [0.2, 0.25) is 5.51 Å². The van der Waals surface area contributed by atoms with Gasteiger partial charge in [-0.2, -0.15) is 4.57 Å². The number of thiazole rings is 1. The van der Waals surface area contributed by atoms with Crippen molar-refractivity contribution in [1.29, 1.82) is 0 Å². The van der Waals surface area contributed by atoms with Crippen LogP contribution in [0.3, 0.4) is 0 Å². The van der Waals surface area contributed by atoms with Gasteiger partial charge in [0.15, 0.2) is 19.0 Å². The Hall–Kier alpha value is -0.380. The van der Waals surface area contributed by atoms with Crippen molar-refractivity contribution in [1.82, 2.24) is 0 Å². The van der Waals surface area contributed by atoms with Crippen LogP contribution in [0.15, 0.2) is 17.1 Å². The van der Waals surface area contributed by atoms with Crippen LogP contribution >= 0.6 is 19.2 Å². The quantitative estimate of drug-likeness (QED) is 0.116. The van der Waals surface area contributed by atoms with Gasteiger partial charge in [-0.25, -0.2) is 4.57 Å². The number of rotatable bonds is 21. The van der Waals surface area contributed by atoms with E-state index in [9.17, 15) is 9.46 Å². The molecule has 1 unspecified atom stereocenters. The van der Waals surface area contributed by atoms with Crippen LogP contribution in [0.25, 0.3) is 0 Å². The molecule has 2 N–H and O–H groups in total. The molecule has 1 aromatic rings. The lowest BCUT2D eigenvalue weighted by Gasteiger charge is -2.14. The lowest BCUT2D eigenvalue weighted by atomic mass is 10.0. The van der Waals surface area contributed by atoms with Crippen LogP contribution in [-0.4, -0.2) is 42.6 Å². The largest absolute Gasteiger partial charge is 0.870 e. The minimum atomic E-state index is -4.08. The van der Waals surface area contributed by atoms with Crippen LogP contribution in [0.2, 0.25) is 0 Å². The summed E-state index contributed by atoms with van der Waals surface area (Å²) in [5, 5.41) is 1.93. The maximum absolute atomic E-state index is 12.0. The molecule has 2 rings (SSSR count). The second kappa shape index (κ2) is 19.8. The second-order valence-electron chi connectivity index (χ2n) is 8.91. The van der Waals surface area contributed by atoms with Crippen LogP contribution in [0, 0.1) is 0 Å². The van der Waals surface area contributed by atoms with Gasteiger partial charge in [0.1, 0.15) is 12.7 Å². The topological polar surface area (TPSA) is 108 Å². The minimum absolute atomic E-state index is 0. The predicted octanol–water partition coefficient (Wildman–Crippen LogP) is 6.22. The molecular formula is C24H46NO7PS. The van der Waals surface area contributed by atoms with E-state index >= 15 is 0 Å². The fourth-order valence-electron chi connectivity index (χ4n) is 3.94. The molecule has 0 saturated carbocycles. The Morgan fingerprint density at radius 2 is 1.62 bits per heavy atom. The zero-order chi connectivity index (χ0) is 23.6. The monoisotopic (exact) mass is 523 g/mol. The SMILES string of the molecule is CCCCCCCCCCCCCCC[C@@H]1OC[C@@H](COP(=O)(O)OCC[n+]2ccsc2)O1.[OH-]. The number of aromatic nitrogens is 1. The Morgan fingerprint density at radius 1 is 1.00 bits per heavy atom. The number of hydrogen-bond donors (Lipinski definition) is 1. The van der Waals surface area contributed by atoms with E-state index < -0.39 is 7.82 Å². The fraction of sp³-hybridized carbons (Fsp3) is 0.875. The molecule has 0 aromatic carbocycles. The molecule has 0 spiro atoms. The van der Waals surface area contributed by atoms with Crippen molar-refractivity contribution in [2.75, 3.05) is 19.8 Å². The molecule has 0 radical (unpaired) electrons. The molecule has 0 aliphatic carbocycles. The molecule has 2 heterocycles. The zero-order valence-corrected chi connectivity index (χ0v) is 22.6. The lowest BCUT2D eigenvalue weighted by molar-refractivity contribution is -0.693. The molecule has 1 aliphatic heterocycles. The van der Waals surface area contributed by atoms with E-state index in [0.717, 1.165) is 12.8 Å². The number of nitrogens with zero attached hydrogens (tertiary/aromatic N) is 1. The Balaban J connectivity index is 0.00000578. The molecule has 8 nitrogen and oxygen atoms in total. The summed E-state index contributed by atoms with van der Waals surface area (Å²) in [5.41, 5.74) is 1.91. The summed E-state index contributed by atoms with van der Waals surface area (Å²) in [6.45, 7) is 3.26.